The van der Waals surface area contributed by atoms with Gasteiger partial charge in [-0.05, 0) is 36.5 Å². The lowest BCUT2D eigenvalue weighted by Gasteiger charge is -2.11. The van der Waals surface area contributed by atoms with Crippen LogP contribution in [0.3, 0.4) is 0 Å². The molecule has 1 N–H and O–H groups in total. The van der Waals surface area contributed by atoms with Gasteiger partial charge in [-0.15, -0.1) is 0 Å². The number of rotatable bonds is 6. The van der Waals surface area contributed by atoms with E-state index in [1.54, 1.807) is 12.1 Å². The first-order valence-electron chi connectivity index (χ1n) is 5.60. The molecule has 0 saturated heterocycles. The molecule has 1 rings (SSSR count). The predicted molar refractivity (Wildman–Crippen MR) is 62.2 cm³/mol. The summed E-state index contributed by atoms with van der Waals surface area (Å²) in [5.41, 5.74) is 1.26. The molecule has 1 aromatic carbocycles. The molecule has 2 nitrogen and oxygen atoms in total. The normalized spacial score (nSPS) is 12.7. The molecule has 84 valence electrons. The highest BCUT2D eigenvalue weighted by Gasteiger charge is 2.04. The first-order chi connectivity index (χ1) is 7.24. The van der Waals surface area contributed by atoms with Crippen LogP contribution in [0.15, 0.2) is 24.3 Å². The molecular weight excluding hydrogens is 188 g/mol. The monoisotopic (exact) mass is 208 g/mol. The summed E-state index contributed by atoms with van der Waals surface area (Å²) in [6.45, 7) is 5.96. The first-order valence-corrected chi connectivity index (χ1v) is 5.60. The van der Waals surface area contributed by atoms with E-state index in [-0.39, 0.29) is 0 Å². The molecular formula is C13H20O2. The summed E-state index contributed by atoms with van der Waals surface area (Å²) in [7, 11) is 0. The SMILES string of the molecule is CCCOCCC(C)c1ccc(O)cc1. The van der Waals surface area contributed by atoms with Crippen LogP contribution in [-0.2, 0) is 4.74 Å². The van der Waals surface area contributed by atoms with Crippen LogP contribution in [0.4, 0.5) is 0 Å². The topological polar surface area (TPSA) is 29.5 Å². The van der Waals surface area contributed by atoms with E-state index in [2.05, 4.69) is 13.8 Å². The smallest absolute Gasteiger partial charge is 0.115 e. The molecule has 0 aliphatic carbocycles. The minimum absolute atomic E-state index is 0.327. The van der Waals surface area contributed by atoms with Gasteiger partial charge in [0.25, 0.3) is 0 Å². The Bertz CT molecular complexity index is 266. The third kappa shape index (κ3) is 4.34. The molecule has 0 heterocycles. The molecule has 0 bridgehead atoms. The van der Waals surface area contributed by atoms with Crippen molar-refractivity contribution in [3.05, 3.63) is 29.8 Å². The first kappa shape index (κ1) is 12.1. The highest BCUT2D eigenvalue weighted by molar-refractivity contribution is 5.27. The highest BCUT2D eigenvalue weighted by Crippen LogP contribution is 2.21. The minimum Gasteiger partial charge on any atom is -0.508 e. The second-order valence-electron chi connectivity index (χ2n) is 3.89. The van der Waals surface area contributed by atoms with Gasteiger partial charge >= 0.3 is 0 Å². The molecule has 0 spiro atoms. The molecule has 1 aromatic rings. The zero-order valence-electron chi connectivity index (χ0n) is 9.57. The van der Waals surface area contributed by atoms with Crippen LogP contribution in [0.5, 0.6) is 5.75 Å². The summed E-state index contributed by atoms with van der Waals surface area (Å²) >= 11 is 0. The van der Waals surface area contributed by atoms with Gasteiger partial charge in [0, 0.05) is 13.2 Å². The molecule has 1 unspecified atom stereocenters. The number of phenols is 1. The standard InChI is InChI=1S/C13H20O2/c1-3-9-15-10-8-11(2)12-4-6-13(14)7-5-12/h4-7,11,14H,3,8-10H2,1-2H3. The van der Waals surface area contributed by atoms with Gasteiger partial charge in [-0.3, -0.25) is 0 Å². The average molecular weight is 208 g/mol. The maximum Gasteiger partial charge on any atom is 0.115 e. The van der Waals surface area contributed by atoms with E-state index in [9.17, 15) is 0 Å². The van der Waals surface area contributed by atoms with Crippen molar-refractivity contribution in [2.24, 2.45) is 0 Å². The van der Waals surface area contributed by atoms with Gasteiger partial charge in [0.05, 0.1) is 0 Å². The summed E-state index contributed by atoms with van der Waals surface area (Å²) in [5.74, 6) is 0.815. The van der Waals surface area contributed by atoms with Crippen LogP contribution in [0.2, 0.25) is 0 Å². The van der Waals surface area contributed by atoms with Crippen molar-refractivity contribution >= 4 is 0 Å². The number of benzene rings is 1. The molecule has 0 aliphatic rings. The number of hydrogen-bond donors (Lipinski definition) is 1. The van der Waals surface area contributed by atoms with E-state index >= 15 is 0 Å². The molecule has 0 saturated carbocycles. The molecule has 0 fully saturated rings. The zero-order chi connectivity index (χ0) is 11.1. The highest BCUT2D eigenvalue weighted by atomic mass is 16.5. The van der Waals surface area contributed by atoms with Gasteiger partial charge < -0.3 is 9.84 Å². The average Bonchev–Trinajstić information content (AvgIpc) is 2.25. The van der Waals surface area contributed by atoms with Crippen LogP contribution in [0.1, 0.15) is 38.2 Å². The third-order valence-electron chi connectivity index (χ3n) is 2.51. The Morgan fingerprint density at radius 1 is 1.20 bits per heavy atom. The van der Waals surface area contributed by atoms with E-state index in [0.29, 0.717) is 11.7 Å². The van der Waals surface area contributed by atoms with Crippen molar-refractivity contribution in [3.63, 3.8) is 0 Å². The summed E-state index contributed by atoms with van der Waals surface area (Å²) in [6, 6.07) is 7.41. The van der Waals surface area contributed by atoms with E-state index in [4.69, 9.17) is 9.84 Å². The van der Waals surface area contributed by atoms with Gasteiger partial charge in [0.15, 0.2) is 0 Å². The lowest BCUT2D eigenvalue weighted by atomic mass is 9.98. The van der Waals surface area contributed by atoms with E-state index in [1.165, 1.54) is 5.56 Å². The van der Waals surface area contributed by atoms with Crippen LogP contribution in [0.25, 0.3) is 0 Å². The summed E-state index contributed by atoms with van der Waals surface area (Å²) in [6.07, 6.45) is 2.11. The van der Waals surface area contributed by atoms with Crippen molar-refractivity contribution in [1.29, 1.82) is 0 Å². The summed E-state index contributed by atoms with van der Waals surface area (Å²) in [5, 5.41) is 9.16. The van der Waals surface area contributed by atoms with E-state index < -0.39 is 0 Å². The van der Waals surface area contributed by atoms with Crippen molar-refractivity contribution in [3.8, 4) is 5.75 Å². The van der Waals surface area contributed by atoms with Gasteiger partial charge in [0.1, 0.15) is 5.75 Å². The van der Waals surface area contributed by atoms with Crippen molar-refractivity contribution in [2.45, 2.75) is 32.6 Å². The molecule has 1 atom stereocenters. The molecule has 0 aliphatic heterocycles. The quantitative estimate of drug-likeness (QED) is 0.727. The Kier molecular flexibility index (Phi) is 5.19. The fourth-order valence-electron chi connectivity index (χ4n) is 1.48. The largest absolute Gasteiger partial charge is 0.508 e. The van der Waals surface area contributed by atoms with E-state index in [0.717, 1.165) is 26.1 Å². The Balaban J connectivity index is 2.33. The maximum atomic E-state index is 9.16. The zero-order valence-corrected chi connectivity index (χ0v) is 9.57. The van der Waals surface area contributed by atoms with Gasteiger partial charge in [0.2, 0.25) is 0 Å². The number of ether oxygens (including phenoxy) is 1. The van der Waals surface area contributed by atoms with Crippen molar-refractivity contribution in [1.82, 2.24) is 0 Å². The minimum atomic E-state index is 0.327. The number of hydrogen-bond acceptors (Lipinski definition) is 2. The third-order valence-corrected chi connectivity index (χ3v) is 2.51. The molecule has 0 aromatic heterocycles. The van der Waals surface area contributed by atoms with Crippen LogP contribution >= 0.6 is 0 Å². The number of aromatic hydroxyl groups is 1. The second kappa shape index (κ2) is 6.46. The second-order valence-corrected chi connectivity index (χ2v) is 3.89. The molecule has 0 amide bonds. The maximum absolute atomic E-state index is 9.16. The van der Waals surface area contributed by atoms with Crippen molar-refractivity contribution < 1.29 is 9.84 Å². The van der Waals surface area contributed by atoms with Gasteiger partial charge in [-0.1, -0.05) is 26.0 Å². The van der Waals surface area contributed by atoms with Crippen LogP contribution in [-0.4, -0.2) is 18.3 Å². The fourth-order valence-corrected chi connectivity index (χ4v) is 1.48. The Morgan fingerprint density at radius 2 is 1.87 bits per heavy atom. The summed E-state index contributed by atoms with van der Waals surface area (Å²) < 4.78 is 5.45. The Morgan fingerprint density at radius 3 is 2.47 bits per heavy atom. The van der Waals surface area contributed by atoms with Gasteiger partial charge in [-0.25, -0.2) is 0 Å². The van der Waals surface area contributed by atoms with Crippen LogP contribution in [0, 0.1) is 0 Å². The van der Waals surface area contributed by atoms with Gasteiger partial charge in [-0.2, -0.15) is 0 Å². The Hall–Kier alpha value is -1.02. The predicted octanol–water partition coefficient (Wildman–Crippen LogP) is 3.31. The lowest BCUT2D eigenvalue weighted by molar-refractivity contribution is 0.128. The van der Waals surface area contributed by atoms with Crippen LogP contribution < -0.4 is 0 Å². The fraction of sp³-hybridized carbons (Fsp3) is 0.538. The molecule has 15 heavy (non-hydrogen) atoms. The molecule has 2 heteroatoms. The summed E-state index contributed by atoms with van der Waals surface area (Å²) in [4.78, 5) is 0. The molecule has 0 radical (unpaired) electrons. The lowest BCUT2D eigenvalue weighted by Crippen LogP contribution is -2.01. The van der Waals surface area contributed by atoms with E-state index in [1.807, 2.05) is 12.1 Å². The van der Waals surface area contributed by atoms with Crippen molar-refractivity contribution in [2.75, 3.05) is 13.2 Å². The number of phenolic OH excluding ortho intramolecular Hbond substituents is 1. The Labute approximate surface area is 91.9 Å².